The minimum atomic E-state index is -0.844. The first-order valence-electron chi connectivity index (χ1n) is 6.10. The Balaban J connectivity index is 2.02. The van der Waals surface area contributed by atoms with Gasteiger partial charge in [-0.2, -0.15) is 5.10 Å². The average molecular weight is 327 g/mol. The Morgan fingerprint density at radius 3 is 2.62 bits per heavy atom. The van der Waals surface area contributed by atoms with Crippen LogP contribution >= 0.6 is 23.2 Å². The number of hydrogen-bond acceptors (Lipinski definition) is 3. The standard InChI is InChI=1S/C13H12Cl2N4O2/c1-2-19-7-8(6-16-19)17-12(20)13(21)18-10-5-3-4-9(14)11(10)15/h3-7H,2H2,1H3,(H,17,20)(H,18,21). The van der Waals surface area contributed by atoms with Crippen LogP contribution in [0.25, 0.3) is 0 Å². The fourth-order valence-corrected chi connectivity index (χ4v) is 1.92. The SMILES string of the molecule is CCn1cc(NC(=O)C(=O)Nc2cccc(Cl)c2Cl)cn1. The predicted molar refractivity (Wildman–Crippen MR) is 81.6 cm³/mol. The topological polar surface area (TPSA) is 76.0 Å². The zero-order valence-corrected chi connectivity index (χ0v) is 12.6. The molecule has 0 bridgehead atoms. The Bertz CT molecular complexity index is 685. The summed E-state index contributed by atoms with van der Waals surface area (Å²) in [4.78, 5) is 23.6. The molecule has 0 spiro atoms. The van der Waals surface area contributed by atoms with E-state index in [-0.39, 0.29) is 10.7 Å². The van der Waals surface area contributed by atoms with Crippen molar-refractivity contribution in [3.63, 3.8) is 0 Å². The Hall–Kier alpha value is -2.05. The van der Waals surface area contributed by atoms with Crippen LogP contribution in [0.15, 0.2) is 30.6 Å². The van der Waals surface area contributed by atoms with E-state index in [1.54, 1.807) is 29.1 Å². The number of nitrogens with one attached hydrogen (secondary N) is 2. The third-order valence-corrected chi connectivity index (χ3v) is 3.44. The van der Waals surface area contributed by atoms with E-state index in [0.29, 0.717) is 17.3 Å². The summed E-state index contributed by atoms with van der Waals surface area (Å²) in [6.07, 6.45) is 3.08. The summed E-state index contributed by atoms with van der Waals surface area (Å²) in [6.45, 7) is 2.58. The number of benzene rings is 1. The highest BCUT2D eigenvalue weighted by Crippen LogP contribution is 2.29. The lowest BCUT2D eigenvalue weighted by molar-refractivity contribution is -0.132. The maximum absolute atomic E-state index is 11.8. The van der Waals surface area contributed by atoms with Crippen molar-refractivity contribution in [2.45, 2.75) is 13.5 Å². The van der Waals surface area contributed by atoms with Crippen LogP contribution in [0, 0.1) is 0 Å². The minimum Gasteiger partial charge on any atom is -0.316 e. The monoisotopic (exact) mass is 326 g/mol. The van der Waals surface area contributed by atoms with Crippen molar-refractivity contribution < 1.29 is 9.59 Å². The fraction of sp³-hybridized carbons (Fsp3) is 0.154. The summed E-state index contributed by atoms with van der Waals surface area (Å²) in [6, 6.07) is 4.75. The van der Waals surface area contributed by atoms with E-state index in [9.17, 15) is 9.59 Å². The van der Waals surface area contributed by atoms with Crippen molar-refractivity contribution in [2.24, 2.45) is 0 Å². The highest BCUT2D eigenvalue weighted by Gasteiger charge is 2.16. The van der Waals surface area contributed by atoms with E-state index < -0.39 is 11.8 Å². The van der Waals surface area contributed by atoms with Gasteiger partial charge in [-0.15, -0.1) is 0 Å². The van der Waals surface area contributed by atoms with Crippen molar-refractivity contribution in [1.82, 2.24) is 9.78 Å². The van der Waals surface area contributed by atoms with Crippen LogP contribution in [0.3, 0.4) is 0 Å². The van der Waals surface area contributed by atoms with E-state index in [4.69, 9.17) is 23.2 Å². The second-order valence-electron chi connectivity index (χ2n) is 4.09. The van der Waals surface area contributed by atoms with Crippen molar-refractivity contribution >= 4 is 46.4 Å². The smallest absolute Gasteiger partial charge is 0.314 e. The number of rotatable bonds is 3. The van der Waals surface area contributed by atoms with Crippen LogP contribution in [-0.2, 0) is 16.1 Å². The molecule has 8 heteroatoms. The molecule has 6 nitrogen and oxygen atoms in total. The molecule has 2 amide bonds. The van der Waals surface area contributed by atoms with Gasteiger partial charge in [0.25, 0.3) is 0 Å². The Morgan fingerprint density at radius 1 is 1.24 bits per heavy atom. The van der Waals surface area contributed by atoms with E-state index in [0.717, 1.165) is 0 Å². The third-order valence-electron chi connectivity index (χ3n) is 2.62. The van der Waals surface area contributed by atoms with Crippen LogP contribution in [0.2, 0.25) is 10.0 Å². The molecule has 21 heavy (non-hydrogen) atoms. The molecule has 1 heterocycles. The van der Waals surface area contributed by atoms with Crippen LogP contribution in [-0.4, -0.2) is 21.6 Å². The van der Waals surface area contributed by atoms with Gasteiger partial charge in [0.1, 0.15) is 0 Å². The van der Waals surface area contributed by atoms with Gasteiger partial charge in [-0.1, -0.05) is 29.3 Å². The molecule has 0 unspecified atom stereocenters. The lowest BCUT2D eigenvalue weighted by Gasteiger charge is -2.07. The lowest BCUT2D eigenvalue weighted by atomic mass is 10.3. The highest BCUT2D eigenvalue weighted by molar-refractivity contribution is 6.47. The summed E-state index contributed by atoms with van der Waals surface area (Å²) in [5.41, 5.74) is 0.711. The first-order valence-corrected chi connectivity index (χ1v) is 6.85. The maximum Gasteiger partial charge on any atom is 0.314 e. The van der Waals surface area contributed by atoms with Crippen LogP contribution < -0.4 is 10.6 Å². The molecule has 0 aliphatic carbocycles. The second kappa shape index (κ2) is 6.60. The number of aromatic nitrogens is 2. The van der Waals surface area contributed by atoms with Gasteiger partial charge in [0.05, 0.1) is 27.6 Å². The number of amides is 2. The van der Waals surface area contributed by atoms with Crippen LogP contribution in [0.1, 0.15) is 6.92 Å². The molecule has 2 aromatic rings. The van der Waals surface area contributed by atoms with Gasteiger partial charge < -0.3 is 10.6 Å². The Kier molecular flexibility index (Phi) is 4.82. The lowest BCUT2D eigenvalue weighted by Crippen LogP contribution is -2.29. The summed E-state index contributed by atoms with van der Waals surface area (Å²) in [7, 11) is 0. The summed E-state index contributed by atoms with van der Waals surface area (Å²) in [5.74, 6) is -1.66. The number of nitrogens with zero attached hydrogens (tertiary/aromatic N) is 2. The molecule has 0 atom stereocenters. The molecular weight excluding hydrogens is 315 g/mol. The van der Waals surface area contributed by atoms with Crippen molar-refractivity contribution in [2.75, 3.05) is 10.6 Å². The quantitative estimate of drug-likeness (QED) is 0.851. The molecule has 2 N–H and O–H groups in total. The first kappa shape index (κ1) is 15.3. The number of carbonyl (C=O) groups excluding carboxylic acids is 2. The van der Waals surface area contributed by atoms with Gasteiger partial charge in [-0.05, 0) is 19.1 Å². The van der Waals surface area contributed by atoms with E-state index in [2.05, 4.69) is 15.7 Å². The zero-order chi connectivity index (χ0) is 15.4. The average Bonchev–Trinajstić information content (AvgIpc) is 2.91. The number of carbonyl (C=O) groups is 2. The Labute approximate surface area is 131 Å². The molecule has 2 rings (SSSR count). The first-order chi connectivity index (χ1) is 10.0. The maximum atomic E-state index is 11.8. The van der Waals surface area contributed by atoms with E-state index in [1.807, 2.05) is 6.92 Å². The van der Waals surface area contributed by atoms with Gasteiger partial charge in [0, 0.05) is 12.7 Å². The summed E-state index contributed by atoms with van der Waals surface area (Å²) >= 11 is 11.8. The van der Waals surface area contributed by atoms with E-state index in [1.165, 1.54) is 6.20 Å². The predicted octanol–water partition coefficient (Wildman–Crippen LogP) is 2.79. The normalized spacial score (nSPS) is 10.2. The van der Waals surface area contributed by atoms with Gasteiger partial charge in [0.2, 0.25) is 0 Å². The van der Waals surface area contributed by atoms with Gasteiger partial charge in [0.15, 0.2) is 0 Å². The largest absolute Gasteiger partial charge is 0.316 e. The van der Waals surface area contributed by atoms with Crippen LogP contribution in [0.5, 0.6) is 0 Å². The molecule has 0 radical (unpaired) electrons. The number of aryl methyl sites for hydroxylation is 1. The highest BCUT2D eigenvalue weighted by atomic mass is 35.5. The van der Waals surface area contributed by atoms with E-state index >= 15 is 0 Å². The second-order valence-corrected chi connectivity index (χ2v) is 4.88. The number of hydrogen-bond donors (Lipinski definition) is 2. The minimum absolute atomic E-state index is 0.180. The van der Waals surface area contributed by atoms with Crippen LogP contribution in [0.4, 0.5) is 11.4 Å². The van der Waals surface area contributed by atoms with Gasteiger partial charge in [-0.3, -0.25) is 14.3 Å². The number of halogens is 2. The summed E-state index contributed by atoms with van der Waals surface area (Å²) in [5, 5.41) is 9.30. The number of anilines is 2. The molecular formula is C13H12Cl2N4O2. The molecule has 1 aromatic heterocycles. The zero-order valence-electron chi connectivity index (χ0n) is 11.1. The Morgan fingerprint density at radius 2 is 1.95 bits per heavy atom. The van der Waals surface area contributed by atoms with Crippen molar-refractivity contribution in [3.8, 4) is 0 Å². The third kappa shape index (κ3) is 3.74. The molecule has 0 fully saturated rings. The molecule has 0 aliphatic rings. The van der Waals surface area contributed by atoms with Gasteiger partial charge >= 0.3 is 11.8 Å². The fourth-order valence-electron chi connectivity index (χ4n) is 1.57. The molecule has 0 aliphatic heterocycles. The summed E-state index contributed by atoms with van der Waals surface area (Å²) < 4.78 is 1.63. The van der Waals surface area contributed by atoms with Gasteiger partial charge in [-0.25, -0.2) is 0 Å². The molecule has 0 saturated carbocycles. The van der Waals surface area contributed by atoms with Crippen molar-refractivity contribution in [1.29, 1.82) is 0 Å². The molecule has 110 valence electrons. The van der Waals surface area contributed by atoms with Crippen molar-refractivity contribution in [3.05, 3.63) is 40.6 Å². The molecule has 1 aromatic carbocycles. The molecule has 0 saturated heterocycles.